The van der Waals surface area contributed by atoms with Crippen molar-refractivity contribution in [1.82, 2.24) is 0 Å². The summed E-state index contributed by atoms with van der Waals surface area (Å²) >= 11 is 0. The predicted molar refractivity (Wildman–Crippen MR) is 241 cm³/mol. The van der Waals surface area contributed by atoms with Crippen molar-refractivity contribution in [1.29, 1.82) is 0 Å². The third kappa shape index (κ3) is 4.73. The summed E-state index contributed by atoms with van der Waals surface area (Å²) in [5.74, 6) is 0. The van der Waals surface area contributed by atoms with Crippen LogP contribution in [0.2, 0.25) is 0 Å². The zero-order chi connectivity index (χ0) is 41.1. The third-order valence-electron chi connectivity index (χ3n) is 11.9. The molecular weight excluding hydrogens is 673 g/mol. The molecule has 56 heavy (non-hydrogen) atoms. The van der Waals surface area contributed by atoms with Crippen molar-refractivity contribution in [3.8, 4) is 55.6 Å². The minimum absolute atomic E-state index is 0.194. The molecule has 0 spiro atoms. The lowest BCUT2D eigenvalue weighted by molar-refractivity contribution is 1.58. The van der Waals surface area contributed by atoms with Gasteiger partial charge in [0.05, 0.1) is 6.85 Å². The Morgan fingerprint density at radius 2 is 0.607 bits per heavy atom. The average molecular weight is 712 g/mol. The Morgan fingerprint density at radius 1 is 0.250 bits per heavy atom. The van der Waals surface area contributed by atoms with Gasteiger partial charge in [-0.15, -0.1) is 0 Å². The molecule has 12 aromatic carbocycles. The van der Waals surface area contributed by atoms with E-state index in [1.54, 1.807) is 0 Å². The van der Waals surface area contributed by atoms with Crippen LogP contribution in [0.25, 0.3) is 120 Å². The average Bonchev–Trinajstić information content (AvgIpc) is 3.31. The first kappa shape index (κ1) is 26.5. The largest absolute Gasteiger partial charge is 0.0629 e. The van der Waals surface area contributed by atoms with Crippen LogP contribution in [0.3, 0.4) is 0 Å². The second-order valence-electron chi connectivity index (χ2n) is 14.9. The highest BCUT2D eigenvalue weighted by molar-refractivity contribution is 6.28. The number of benzene rings is 12. The summed E-state index contributed by atoms with van der Waals surface area (Å²) in [6, 6.07) is 61.7. The van der Waals surface area contributed by atoms with Gasteiger partial charge in [0, 0.05) is 0 Å². The molecule has 0 nitrogen and oxygen atoms in total. The topological polar surface area (TPSA) is 0 Å². The van der Waals surface area contributed by atoms with Crippen LogP contribution in [-0.2, 0) is 0 Å². The van der Waals surface area contributed by atoms with Crippen LogP contribution in [0.1, 0.15) is 6.85 Å². The summed E-state index contributed by atoms with van der Waals surface area (Å²) in [4.78, 5) is 0. The molecule has 0 bridgehead atoms. The van der Waals surface area contributed by atoms with Crippen LogP contribution in [0.5, 0.6) is 0 Å². The molecule has 0 saturated carbocycles. The summed E-state index contributed by atoms with van der Waals surface area (Å²) in [7, 11) is 0. The summed E-state index contributed by atoms with van der Waals surface area (Å²) in [6.07, 6.45) is 0. The van der Waals surface area contributed by atoms with E-state index >= 15 is 0 Å². The van der Waals surface area contributed by atoms with Gasteiger partial charge in [0.2, 0.25) is 0 Å². The quantitative estimate of drug-likeness (QED) is 0.156. The zero-order valence-electron chi connectivity index (χ0n) is 35.2. The maximum Gasteiger partial charge on any atom is 0.0629 e. The molecule has 0 radical (unpaired) electrons. The van der Waals surface area contributed by atoms with Gasteiger partial charge < -0.3 is 0 Å². The van der Waals surface area contributed by atoms with Gasteiger partial charge in [-0.25, -0.2) is 0 Å². The van der Waals surface area contributed by atoms with Crippen LogP contribution in [0.4, 0.5) is 0 Å². The third-order valence-corrected chi connectivity index (χ3v) is 11.9. The highest BCUT2D eigenvalue weighted by Crippen LogP contribution is 2.44. The fraction of sp³-hybridized carbons (Fsp3) is 0. The number of hydrogen-bond acceptors (Lipinski definition) is 0. The minimum Gasteiger partial charge on any atom is -0.0622 e. The van der Waals surface area contributed by atoms with Crippen molar-refractivity contribution in [2.75, 3.05) is 0 Å². The highest BCUT2D eigenvalue weighted by atomic mass is 14.2. The number of hydrogen-bond donors (Lipinski definition) is 0. The lowest BCUT2D eigenvalue weighted by atomic mass is 9.87. The molecule has 0 aliphatic carbocycles. The van der Waals surface area contributed by atoms with Gasteiger partial charge in [-0.05, 0) is 132 Å². The molecule has 0 heteroatoms. The van der Waals surface area contributed by atoms with E-state index in [1.165, 1.54) is 49.0 Å². The Hall–Kier alpha value is -7.28. The van der Waals surface area contributed by atoms with Crippen molar-refractivity contribution in [3.63, 3.8) is 0 Å². The summed E-state index contributed by atoms with van der Waals surface area (Å²) in [6.45, 7) is 0. The fourth-order valence-electron chi connectivity index (χ4n) is 9.23. The summed E-state index contributed by atoms with van der Waals surface area (Å²) in [5, 5.41) is 14.0. The first-order chi connectivity index (χ1) is 29.8. The molecule has 0 aliphatic heterocycles. The van der Waals surface area contributed by atoms with Crippen molar-refractivity contribution in [3.05, 3.63) is 206 Å². The van der Waals surface area contributed by atoms with E-state index in [9.17, 15) is 0 Å². The second kappa shape index (κ2) is 12.1. The Labute approximate surface area is 332 Å². The van der Waals surface area contributed by atoms with Crippen molar-refractivity contribution >= 4 is 64.6 Å². The van der Waals surface area contributed by atoms with Gasteiger partial charge >= 0.3 is 0 Å². The molecule has 0 heterocycles. The van der Waals surface area contributed by atoms with E-state index in [1.807, 2.05) is 18.2 Å². The zero-order valence-corrected chi connectivity index (χ0v) is 30.2. The monoisotopic (exact) mass is 711 g/mol. The van der Waals surface area contributed by atoms with Crippen molar-refractivity contribution in [2.24, 2.45) is 0 Å². The van der Waals surface area contributed by atoms with Crippen molar-refractivity contribution in [2.45, 2.75) is 0 Å². The Bertz CT molecular complexity index is 3710. The lowest BCUT2D eigenvalue weighted by Crippen LogP contribution is -1.90. The fourth-order valence-corrected chi connectivity index (χ4v) is 9.23. The first-order valence-electron chi connectivity index (χ1n) is 21.6. The molecule has 0 atom stereocenters. The van der Waals surface area contributed by atoms with Gasteiger partial charge in [-0.1, -0.05) is 194 Å². The van der Waals surface area contributed by atoms with Gasteiger partial charge in [0.25, 0.3) is 0 Å². The molecule has 0 N–H and O–H groups in total. The summed E-state index contributed by atoms with van der Waals surface area (Å²) in [5.41, 5.74) is 10.1. The normalized spacial score (nSPS) is 13.2. The van der Waals surface area contributed by atoms with Crippen LogP contribution in [0, 0.1) is 0 Å². The standard InChI is InChI=1S/C56H34/c1-2-7-37(8-3-1)47-27-21-41-26-32-52-49(29-23-42-25-31-50(47)55(41)56(42)52)46-14-6-12-44(34-46)36-17-15-35(16-18-36)43-11-5-13-45(33-43)48-28-22-40-20-19-38-9-4-10-39-24-30-51(48)54(40)53(38)39/h1-34H/i1D,2D,3D,7D,8D. The van der Waals surface area contributed by atoms with Gasteiger partial charge in [0.1, 0.15) is 0 Å². The first-order valence-corrected chi connectivity index (χ1v) is 19.1. The van der Waals surface area contributed by atoms with Crippen LogP contribution in [0.15, 0.2) is 206 Å². The van der Waals surface area contributed by atoms with E-state index in [0.29, 0.717) is 5.56 Å². The minimum atomic E-state index is -0.388. The molecule has 0 aliphatic rings. The van der Waals surface area contributed by atoms with Crippen LogP contribution >= 0.6 is 0 Å². The lowest BCUT2D eigenvalue weighted by Gasteiger charge is -2.17. The van der Waals surface area contributed by atoms with E-state index in [2.05, 4.69) is 158 Å². The molecule has 0 unspecified atom stereocenters. The van der Waals surface area contributed by atoms with Gasteiger partial charge in [-0.3, -0.25) is 0 Å². The Morgan fingerprint density at radius 3 is 1.09 bits per heavy atom. The van der Waals surface area contributed by atoms with Crippen LogP contribution in [-0.4, -0.2) is 0 Å². The van der Waals surface area contributed by atoms with Crippen molar-refractivity contribution < 1.29 is 6.85 Å². The van der Waals surface area contributed by atoms with E-state index in [-0.39, 0.29) is 35.8 Å². The molecular formula is C56H34. The number of rotatable bonds is 5. The second-order valence-corrected chi connectivity index (χ2v) is 14.9. The molecule has 0 amide bonds. The SMILES string of the molecule is [2H]c1c([2H])c([2H])c(-c2ccc3ccc4c(-c5cccc(-c6ccc(-c7cccc(-c8ccc9ccc%10cccc%11ccc8c9c%10%11)c7)cc6)c5)ccc5ccc2c3c54)c([2H])c1[2H]. The van der Waals surface area contributed by atoms with Gasteiger partial charge in [0.15, 0.2) is 0 Å². The molecule has 12 rings (SSSR count). The summed E-state index contributed by atoms with van der Waals surface area (Å²) < 4.78 is 42.3. The Kier molecular flexibility index (Phi) is 5.73. The molecule has 0 saturated heterocycles. The maximum atomic E-state index is 8.72. The van der Waals surface area contributed by atoms with E-state index in [4.69, 9.17) is 6.85 Å². The van der Waals surface area contributed by atoms with Gasteiger partial charge in [-0.2, -0.15) is 0 Å². The molecule has 0 aromatic heterocycles. The van der Waals surface area contributed by atoms with E-state index in [0.717, 1.165) is 60.1 Å². The molecule has 258 valence electrons. The van der Waals surface area contributed by atoms with Crippen LogP contribution < -0.4 is 0 Å². The molecule has 12 aromatic rings. The predicted octanol–water partition coefficient (Wildman–Crippen LogP) is 15.8. The highest BCUT2D eigenvalue weighted by Gasteiger charge is 2.16. The maximum absolute atomic E-state index is 8.72. The van der Waals surface area contributed by atoms with E-state index < -0.39 is 0 Å². The smallest absolute Gasteiger partial charge is 0.0622 e. The Balaban J connectivity index is 0.909. The molecule has 0 fully saturated rings.